The number of aromatic hydroxyl groups is 1. The summed E-state index contributed by atoms with van der Waals surface area (Å²) in [5.74, 6) is 2.45. The monoisotopic (exact) mass is 312 g/mol. The van der Waals surface area contributed by atoms with Gasteiger partial charge < -0.3 is 10.1 Å². The van der Waals surface area contributed by atoms with Crippen molar-refractivity contribution in [1.82, 2.24) is 9.88 Å². The Kier molecular flexibility index (Phi) is 3.64. The number of benzene rings is 1. The van der Waals surface area contributed by atoms with Gasteiger partial charge in [-0.05, 0) is 48.4 Å². The van der Waals surface area contributed by atoms with Crippen molar-refractivity contribution in [2.75, 3.05) is 13.1 Å². The van der Waals surface area contributed by atoms with Crippen molar-refractivity contribution in [1.29, 1.82) is 0 Å². The van der Waals surface area contributed by atoms with Crippen molar-refractivity contribution >= 4 is 10.9 Å². The van der Waals surface area contributed by atoms with E-state index in [9.17, 15) is 5.11 Å². The second kappa shape index (κ2) is 5.55. The number of aromatic nitrogens is 1. The van der Waals surface area contributed by atoms with Gasteiger partial charge in [0.25, 0.3) is 0 Å². The summed E-state index contributed by atoms with van der Waals surface area (Å²) in [4.78, 5) is 6.48. The van der Waals surface area contributed by atoms with Gasteiger partial charge in [0, 0.05) is 41.6 Å². The van der Waals surface area contributed by atoms with Crippen molar-refractivity contribution < 1.29 is 5.11 Å². The van der Waals surface area contributed by atoms with Crippen LogP contribution in [0.5, 0.6) is 5.75 Å². The average molecular weight is 312 g/mol. The number of nitrogens with one attached hydrogen (secondary N) is 1. The number of phenols is 1. The molecule has 2 unspecified atom stereocenters. The van der Waals surface area contributed by atoms with Crippen LogP contribution in [0.15, 0.2) is 18.2 Å². The largest absolute Gasteiger partial charge is 0.508 e. The first kappa shape index (κ1) is 15.1. The molecule has 3 heterocycles. The van der Waals surface area contributed by atoms with Crippen molar-refractivity contribution in [3.05, 3.63) is 29.5 Å². The van der Waals surface area contributed by atoms with Crippen LogP contribution < -0.4 is 0 Å². The Labute approximate surface area is 138 Å². The molecular weight excluding hydrogens is 284 g/mol. The molecule has 1 saturated heterocycles. The predicted octanol–water partition coefficient (Wildman–Crippen LogP) is 4.27. The van der Waals surface area contributed by atoms with Gasteiger partial charge in [-0.1, -0.05) is 27.2 Å². The molecule has 0 amide bonds. The molecule has 3 nitrogen and oxygen atoms in total. The molecule has 2 aliphatic rings. The highest BCUT2D eigenvalue weighted by Crippen LogP contribution is 2.44. The second-order valence-electron chi connectivity index (χ2n) is 7.82. The first-order chi connectivity index (χ1) is 11.1. The molecule has 5 atom stereocenters. The highest BCUT2D eigenvalue weighted by atomic mass is 16.3. The normalized spacial score (nSPS) is 31.6. The molecule has 3 heteroatoms. The number of hydrogen-bond donors (Lipinski definition) is 2. The summed E-state index contributed by atoms with van der Waals surface area (Å²) in [7, 11) is 0. The van der Waals surface area contributed by atoms with Crippen LogP contribution in [-0.2, 0) is 6.42 Å². The van der Waals surface area contributed by atoms with Gasteiger partial charge in [0.2, 0.25) is 0 Å². The molecule has 1 aromatic heterocycles. The van der Waals surface area contributed by atoms with E-state index < -0.39 is 0 Å². The van der Waals surface area contributed by atoms with Gasteiger partial charge in [-0.25, -0.2) is 0 Å². The summed E-state index contributed by atoms with van der Waals surface area (Å²) in [5, 5.41) is 11.1. The van der Waals surface area contributed by atoms with Gasteiger partial charge in [0.15, 0.2) is 0 Å². The smallest absolute Gasteiger partial charge is 0.116 e. The zero-order valence-electron chi connectivity index (χ0n) is 14.5. The van der Waals surface area contributed by atoms with E-state index >= 15 is 0 Å². The first-order valence-electron chi connectivity index (χ1n) is 9.16. The number of rotatable bonds is 2. The molecule has 2 N–H and O–H groups in total. The van der Waals surface area contributed by atoms with E-state index in [1.165, 1.54) is 41.5 Å². The van der Waals surface area contributed by atoms with Crippen LogP contribution in [0, 0.1) is 11.8 Å². The van der Waals surface area contributed by atoms with Crippen LogP contribution in [0.1, 0.15) is 50.8 Å². The van der Waals surface area contributed by atoms with E-state index in [-0.39, 0.29) is 0 Å². The molecule has 2 aromatic rings. The number of phenolic OH excluding ortho intramolecular Hbond substituents is 1. The maximum atomic E-state index is 9.90. The first-order valence-corrected chi connectivity index (χ1v) is 9.16. The summed E-state index contributed by atoms with van der Waals surface area (Å²) < 4.78 is 0. The zero-order valence-corrected chi connectivity index (χ0v) is 14.5. The van der Waals surface area contributed by atoms with Gasteiger partial charge in [0.1, 0.15) is 5.75 Å². The molecule has 0 radical (unpaired) electrons. The third-order valence-corrected chi connectivity index (χ3v) is 6.21. The Morgan fingerprint density at radius 1 is 1.39 bits per heavy atom. The number of fused-ring (bicyclic) bond motifs is 6. The average Bonchev–Trinajstić information content (AvgIpc) is 2.84. The van der Waals surface area contributed by atoms with Gasteiger partial charge in [0.05, 0.1) is 0 Å². The summed E-state index contributed by atoms with van der Waals surface area (Å²) in [6.07, 6.45) is 3.61. The minimum Gasteiger partial charge on any atom is -0.508 e. The number of aromatic amines is 1. The molecule has 0 aliphatic carbocycles. The van der Waals surface area contributed by atoms with Crippen molar-refractivity contribution in [3.63, 3.8) is 0 Å². The Bertz CT molecular complexity index is 720. The summed E-state index contributed by atoms with van der Waals surface area (Å²) in [5.41, 5.74) is 4.08. The van der Waals surface area contributed by atoms with E-state index in [2.05, 4.69) is 30.7 Å². The third-order valence-electron chi connectivity index (χ3n) is 6.21. The topological polar surface area (TPSA) is 39.3 Å². The Hall–Kier alpha value is -1.48. The third kappa shape index (κ3) is 2.37. The maximum Gasteiger partial charge on any atom is 0.116 e. The van der Waals surface area contributed by atoms with Crippen molar-refractivity contribution in [3.8, 4) is 5.75 Å². The minimum absolute atomic E-state index is 0.374. The molecule has 124 valence electrons. The molecule has 1 aromatic carbocycles. The highest BCUT2D eigenvalue weighted by molar-refractivity contribution is 5.86. The van der Waals surface area contributed by atoms with Crippen LogP contribution in [0.25, 0.3) is 10.9 Å². The van der Waals surface area contributed by atoms with Crippen molar-refractivity contribution in [2.24, 2.45) is 11.8 Å². The van der Waals surface area contributed by atoms with Crippen molar-refractivity contribution in [2.45, 2.75) is 52.0 Å². The van der Waals surface area contributed by atoms with E-state index in [0.717, 1.165) is 24.8 Å². The maximum absolute atomic E-state index is 9.90. The van der Waals surface area contributed by atoms with Crippen LogP contribution in [0.4, 0.5) is 0 Å². The lowest BCUT2D eigenvalue weighted by atomic mass is 9.76. The Balaban J connectivity index is 1.87. The lowest BCUT2D eigenvalue weighted by Gasteiger charge is -2.45. The number of piperidine rings is 1. The molecule has 0 saturated carbocycles. The standard InChI is InChI=1S/C20H28N2O/c1-4-13(3)20-17-9-12(2)11-22(20)8-7-15-16-10-14(23)5-6-18(16)21-19(15)17/h5-6,10,12-13,17,20-21,23H,4,7-9,11H2,1-3H3/t12-,13+,17-,20?/m0/s1. The Morgan fingerprint density at radius 3 is 3.00 bits per heavy atom. The number of nitrogens with zero attached hydrogens (tertiary/aromatic N) is 1. The molecule has 2 bridgehead atoms. The summed E-state index contributed by atoms with van der Waals surface area (Å²) >= 11 is 0. The number of hydrogen-bond acceptors (Lipinski definition) is 2. The zero-order chi connectivity index (χ0) is 16.1. The van der Waals surface area contributed by atoms with Gasteiger partial charge in [-0.3, -0.25) is 4.90 Å². The molecule has 23 heavy (non-hydrogen) atoms. The lowest BCUT2D eigenvalue weighted by Crippen LogP contribution is -2.49. The number of H-pyrrole nitrogens is 1. The predicted molar refractivity (Wildman–Crippen MR) is 95.0 cm³/mol. The fourth-order valence-electron chi connectivity index (χ4n) is 5.05. The minimum atomic E-state index is 0.374. The fourth-order valence-corrected chi connectivity index (χ4v) is 5.05. The van der Waals surface area contributed by atoms with Crippen LogP contribution in [0.2, 0.25) is 0 Å². The summed E-state index contributed by atoms with van der Waals surface area (Å²) in [6.45, 7) is 9.51. The molecule has 2 aliphatic heterocycles. The van der Waals surface area contributed by atoms with Gasteiger partial charge in [-0.15, -0.1) is 0 Å². The molecule has 4 rings (SSSR count). The van der Waals surface area contributed by atoms with E-state index in [1.54, 1.807) is 6.07 Å². The molecule has 0 spiro atoms. The second-order valence-corrected chi connectivity index (χ2v) is 7.82. The SMILES string of the molecule is CC[C@@H](C)C1[C@H]2C[C@H](C)CN1CCc1c2[nH]c2ccc(O)cc12. The van der Waals surface area contributed by atoms with E-state index in [0.29, 0.717) is 17.7 Å². The molecular formula is C20H28N2O. The van der Waals surface area contributed by atoms with Gasteiger partial charge >= 0.3 is 0 Å². The van der Waals surface area contributed by atoms with E-state index in [1.807, 2.05) is 12.1 Å². The van der Waals surface area contributed by atoms with E-state index in [4.69, 9.17) is 0 Å². The quantitative estimate of drug-likeness (QED) is 0.869. The summed E-state index contributed by atoms with van der Waals surface area (Å²) in [6, 6.07) is 6.41. The molecule has 1 fully saturated rings. The van der Waals surface area contributed by atoms with Crippen LogP contribution in [-0.4, -0.2) is 34.1 Å². The lowest BCUT2D eigenvalue weighted by molar-refractivity contribution is 0.0624. The Morgan fingerprint density at radius 2 is 2.22 bits per heavy atom. The highest BCUT2D eigenvalue weighted by Gasteiger charge is 2.41. The fraction of sp³-hybridized carbons (Fsp3) is 0.600. The van der Waals surface area contributed by atoms with Crippen LogP contribution in [0.3, 0.4) is 0 Å². The van der Waals surface area contributed by atoms with Gasteiger partial charge in [-0.2, -0.15) is 0 Å². The van der Waals surface area contributed by atoms with Crippen LogP contribution >= 0.6 is 0 Å².